The average molecular weight is 632 g/mol. The molecule has 3 aliphatic rings. The second-order valence-electron chi connectivity index (χ2n) is 12.0. The summed E-state index contributed by atoms with van der Waals surface area (Å²) in [4.78, 5) is 45.7. The normalized spacial score (nSPS) is 29.0. The lowest BCUT2D eigenvalue weighted by Gasteiger charge is -2.40. The third-order valence-electron chi connectivity index (χ3n) is 8.61. The molecule has 9 heteroatoms. The summed E-state index contributed by atoms with van der Waals surface area (Å²) in [7, 11) is 0. The monoisotopic (exact) mass is 630 g/mol. The van der Waals surface area contributed by atoms with Crippen LogP contribution in [-0.2, 0) is 23.9 Å². The summed E-state index contributed by atoms with van der Waals surface area (Å²) in [5.41, 5.74) is 1.40. The van der Waals surface area contributed by atoms with Crippen molar-refractivity contribution in [3.63, 3.8) is 0 Å². The molecular weight excluding hydrogens is 588 g/mol. The van der Waals surface area contributed by atoms with Gasteiger partial charge in [-0.05, 0) is 62.6 Å². The van der Waals surface area contributed by atoms with Crippen LogP contribution in [-0.4, -0.2) is 76.2 Å². The maximum atomic E-state index is 14.8. The summed E-state index contributed by atoms with van der Waals surface area (Å²) in [5.74, 6) is -2.71. The summed E-state index contributed by atoms with van der Waals surface area (Å²) in [6, 6.07) is 4.27. The van der Waals surface area contributed by atoms with Gasteiger partial charge in [-0.15, -0.1) is 13.2 Å². The number of carbonyl (C=O) groups is 3. The van der Waals surface area contributed by atoms with Crippen molar-refractivity contribution in [1.29, 1.82) is 0 Å². The van der Waals surface area contributed by atoms with E-state index in [0.29, 0.717) is 25.7 Å². The number of carbonyl (C=O) groups excluding carboxylic acids is 3. The van der Waals surface area contributed by atoms with E-state index in [-0.39, 0.29) is 42.3 Å². The summed E-state index contributed by atoms with van der Waals surface area (Å²) < 4.78 is 12.3. The minimum atomic E-state index is -1.24. The second kappa shape index (κ2) is 12.8. The fourth-order valence-electron chi connectivity index (χ4n) is 6.92. The first-order chi connectivity index (χ1) is 19.5. The minimum absolute atomic E-state index is 0.156. The van der Waals surface area contributed by atoms with Crippen LogP contribution in [0.1, 0.15) is 50.7 Å². The maximum Gasteiger partial charge on any atom is 0.312 e. The predicted molar refractivity (Wildman–Crippen MR) is 162 cm³/mol. The Morgan fingerprint density at radius 1 is 1.29 bits per heavy atom. The van der Waals surface area contributed by atoms with Gasteiger partial charge < -0.3 is 24.4 Å². The van der Waals surface area contributed by atoms with Gasteiger partial charge in [0, 0.05) is 17.1 Å². The molecule has 0 saturated carbocycles. The highest BCUT2D eigenvalue weighted by Gasteiger charge is 2.77. The van der Waals surface area contributed by atoms with Crippen molar-refractivity contribution in [2.45, 2.75) is 82.0 Å². The smallest absolute Gasteiger partial charge is 0.312 e. The molecule has 7 atom stereocenters. The van der Waals surface area contributed by atoms with Crippen molar-refractivity contribution in [3.8, 4) is 0 Å². The molecule has 1 aromatic rings. The summed E-state index contributed by atoms with van der Waals surface area (Å²) in [5, 5.41) is 10.5. The van der Waals surface area contributed by atoms with E-state index in [1.807, 2.05) is 45.9 Å². The number of fused-ring (bicyclic) bond motifs is 1. The predicted octanol–water partition coefficient (Wildman–Crippen LogP) is 4.49. The third kappa shape index (κ3) is 5.65. The Labute approximate surface area is 251 Å². The van der Waals surface area contributed by atoms with Crippen molar-refractivity contribution >= 4 is 39.4 Å². The molecule has 1 aromatic carbocycles. The Hall–Kier alpha value is -2.49. The van der Waals surface area contributed by atoms with Crippen LogP contribution in [0, 0.1) is 31.6 Å². The van der Waals surface area contributed by atoms with Crippen LogP contribution >= 0.6 is 15.9 Å². The Kier molecular flexibility index (Phi) is 9.81. The number of hydrogen-bond acceptors (Lipinski definition) is 6. The van der Waals surface area contributed by atoms with Crippen molar-refractivity contribution in [2.75, 3.05) is 24.7 Å². The van der Waals surface area contributed by atoms with E-state index in [4.69, 9.17) is 9.47 Å². The largest absolute Gasteiger partial charge is 0.465 e. The van der Waals surface area contributed by atoms with Crippen molar-refractivity contribution in [2.24, 2.45) is 17.8 Å². The fraction of sp³-hybridized carbons (Fsp3) is 0.594. The quantitative estimate of drug-likeness (QED) is 0.149. The molecular formula is C32H43BrN2O6. The lowest BCUT2D eigenvalue weighted by atomic mass is 9.70. The molecule has 4 rings (SSSR count). The number of amides is 2. The highest BCUT2D eigenvalue weighted by molar-refractivity contribution is 9.09. The molecule has 3 fully saturated rings. The second-order valence-corrected chi connectivity index (χ2v) is 13.2. The number of benzene rings is 1. The highest BCUT2D eigenvalue weighted by atomic mass is 79.9. The van der Waals surface area contributed by atoms with Gasteiger partial charge >= 0.3 is 5.97 Å². The van der Waals surface area contributed by atoms with Gasteiger partial charge in [0.05, 0.1) is 37.2 Å². The fourth-order valence-corrected chi connectivity index (χ4v) is 7.86. The Bertz CT molecular complexity index is 1190. The summed E-state index contributed by atoms with van der Waals surface area (Å²) >= 11 is 3.71. The number of esters is 1. The van der Waals surface area contributed by atoms with E-state index < -0.39 is 41.6 Å². The zero-order valence-corrected chi connectivity index (χ0v) is 26.1. The topological polar surface area (TPSA) is 96.4 Å². The van der Waals surface area contributed by atoms with Crippen molar-refractivity contribution < 1.29 is 29.0 Å². The van der Waals surface area contributed by atoms with Crippen molar-refractivity contribution in [3.05, 3.63) is 54.6 Å². The average Bonchev–Trinajstić information content (AvgIpc) is 3.52. The lowest BCUT2D eigenvalue weighted by molar-refractivity contribution is -0.155. The summed E-state index contributed by atoms with van der Waals surface area (Å²) in [6.45, 7) is 15.7. The number of unbranched alkanes of at least 4 members (excludes halogenated alkanes) is 1. The van der Waals surface area contributed by atoms with E-state index in [9.17, 15) is 19.5 Å². The van der Waals surface area contributed by atoms with E-state index in [1.165, 1.54) is 4.90 Å². The molecule has 224 valence electrons. The molecule has 3 unspecified atom stereocenters. The number of halogens is 1. The van der Waals surface area contributed by atoms with Crippen LogP contribution in [0.25, 0.3) is 0 Å². The molecule has 3 saturated heterocycles. The first kappa shape index (κ1) is 31.4. The molecule has 1 N–H and O–H groups in total. The van der Waals surface area contributed by atoms with Gasteiger partial charge in [-0.1, -0.05) is 54.1 Å². The van der Waals surface area contributed by atoms with Gasteiger partial charge in [-0.3, -0.25) is 14.4 Å². The third-order valence-corrected chi connectivity index (χ3v) is 9.46. The van der Waals surface area contributed by atoms with Crippen LogP contribution in [0.15, 0.2) is 43.5 Å². The van der Waals surface area contributed by atoms with Gasteiger partial charge in [0.2, 0.25) is 5.91 Å². The van der Waals surface area contributed by atoms with Crippen LogP contribution in [0.2, 0.25) is 0 Å². The zero-order valence-electron chi connectivity index (χ0n) is 24.6. The van der Waals surface area contributed by atoms with Gasteiger partial charge in [-0.25, -0.2) is 0 Å². The molecule has 2 bridgehead atoms. The maximum absolute atomic E-state index is 14.8. The number of likely N-dealkylation sites (tertiary alicyclic amines) is 1. The van der Waals surface area contributed by atoms with E-state index in [2.05, 4.69) is 29.1 Å². The molecule has 41 heavy (non-hydrogen) atoms. The molecule has 0 radical (unpaired) electrons. The molecule has 0 aromatic heterocycles. The van der Waals surface area contributed by atoms with E-state index >= 15 is 0 Å². The first-order valence-corrected chi connectivity index (χ1v) is 15.5. The number of aliphatic hydroxyl groups is 1. The molecule has 3 heterocycles. The number of alkyl halides is 1. The van der Waals surface area contributed by atoms with Gasteiger partial charge in [0.25, 0.3) is 5.91 Å². The number of aliphatic hydroxyl groups excluding tert-OH is 1. The van der Waals surface area contributed by atoms with Crippen LogP contribution in [0.4, 0.5) is 5.69 Å². The van der Waals surface area contributed by atoms with Crippen LogP contribution < -0.4 is 4.90 Å². The minimum Gasteiger partial charge on any atom is -0.465 e. The van der Waals surface area contributed by atoms with Crippen molar-refractivity contribution in [1.82, 2.24) is 4.90 Å². The molecule has 2 amide bonds. The standard InChI is InChI=1S/C32H43BrN2O6/c1-7-9-10-14-40-31(39)25-26-29(37)35(22(18-36)15-19(3)4)28(32(26)17-23(33)27(25)41-32)30(38)34(13-8-2)24-16-20(5)11-12-21(24)6/h7-8,11-12,16,19,22-23,25-28,36H,1-2,9-10,13-15,17-18H2,3-6H3/t22-,23?,25-,26+,27-,28?,32?/m1/s1. The lowest BCUT2D eigenvalue weighted by Crippen LogP contribution is -2.59. The number of anilines is 1. The first-order valence-electron chi connectivity index (χ1n) is 14.5. The molecule has 0 aliphatic carbocycles. The molecule has 3 aliphatic heterocycles. The number of hydrogen-bond donors (Lipinski definition) is 1. The van der Waals surface area contributed by atoms with Gasteiger partial charge in [0.15, 0.2) is 0 Å². The van der Waals surface area contributed by atoms with Gasteiger partial charge in [-0.2, -0.15) is 0 Å². The number of rotatable bonds is 13. The number of aryl methyl sites for hydroxylation is 2. The SMILES string of the molecule is C=CCCCOC(=O)[C@H]1[C@@H]2OC3(CC2Br)C(C(=O)N(CC=C)c2cc(C)ccc2C)N([C@@H](CO)CC(C)C)C(=O)[C@H]13. The Balaban J connectivity index is 1.81. The molecule has 1 spiro atoms. The highest BCUT2D eigenvalue weighted by Crippen LogP contribution is 2.61. The van der Waals surface area contributed by atoms with Crippen LogP contribution in [0.5, 0.6) is 0 Å². The van der Waals surface area contributed by atoms with E-state index in [0.717, 1.165) is 16.8 Å². The van der Waals surface area contributed by atoms with E-state index in [1.54, 1.807) is 17.1 Å². The van der Waals surface area contributed by atoms with Gasteiger partial charge in [0.1, 0.15) is 11.6 Å². The number of nitrogens with zero attached hydrogens (tertiary/aromatic N) is 2. The number of allylic oxidation sites excluding steroid dienone is 1. The Morgan fingerprint density at radius 3 is 2.66 bits per heavy atom. The molecule has 8 nitrogen and oxygen atoms in total. The Morgan fingerprint density at radius 2 is 2.02 bits per heavy atom. The van der Waals surface area contributed by atoms with Crippen LogP contribution in [0.3, 0.4) is 0 Å². The zero-order chi connectivity index (χ0) is 30.1. The summed E-state index contributed by atoms with van der Waals surface area (Å²) in [6.07, 6.45) is 5.06. The number of ether oxygens (including phenoxy) is 2.